The first-order valence-electron chi connectivity index (χ1n) is 9.62. The Morgan fingerprint density at radius 2 is 1.55 bits per heavy atom. The fourth-order valence-corrected chi connectivity index (χ4v) is 3.37. The molecule has 0 aliphatic heterocycles. The molecule has 156 valence electrons. The zero-order valence-electron chi connectivity index (χ0n) is 16.8. The van der Waals surface area contributed by atoms with Crippen LogP contribution in [0.1, 0.15) is 27.3 Å². The van der Waals surface area contributed by atoms with Crippen LogP contribution >= 0.6 is 11.3 Å². The average molecular weight is 433 g/mol. The van der Waals surface area contributed by atoms with E-state index in [-0.39, 0.29) is 24.2 Å². The van der Waals surface area contributed by atoms with Crippen molar-refractivity contribution < 1.29 is 14.3 Å². The predicted molar refractivity (Wildman–Crippen MR) is 118 cm³/mol. The number of anilines is 1. The smallest absolute Gasteiger partial charge is 0.320 e. The van der Waals surface area contributed by atoms with E-state index in [1.807, 2.05) is 73.0 Å². The molecule has 0 atom stereocenters. The van der Waals surface area contributed by atoms with E-state index in [4.69, 9.17) is 9.47 Å². The maximum Gasteiger partial charge on any atom is 0.320 e. The van der Waals surface area contributed by atoms with Crippen molar-refractivity contribution in [1.29, 1.82) is 0 Å². The van der Waals surface area contributed by atoms with Crippen molar-refractivity contribution in [2.24, 2.45) is 0 Å². The van der Waals surface area contributed by atoms with Crippen molar-refractivity contribution in [2.75, 3.05) is 5.32 Å². The van der Waals surface area contributed by atoms with Crippen LogP contribution in [0.2, 0.25) is 0 Å². The molecule has 0 unspecified atom stereocenters. The maximum atomic E-state index is 12.7. The lowest BCUT2D eigenvalue weighted by atomic mass is 10.2. The molecule has 0 radical (unpaired) electrons. The van der Waals surface area contributed by atoms with E-state index in [0.717, 1.165) is 16.8 Å². The fourth-order valence-electron chi connectivity index (χ4n) is 2.68. The highest BCUT2D eigenvalue weighted by Crippen LogP contribution is 2.20. The largest absolute Gasteiger partial charge is 0.473 e. The minimum Gasteiger partial charge on any atom is -0.473 e. The molecule has 0 fully saturated rings. The van der Waals surface area contributed by atoms with E-state index >= 15 is 0 Å². The summed E-state index contributed by atoms with van der Waals surface area (Å²) in [6, 6.07) is 20.9. The van der Waals surface area contributed by atoms with Crippen molar-refractivity contribution in [3.63, 3.8) is 0 Å². The molecule has 0 saturated carbocycles. The number of benzene rings is 2. The number of nitrogens with one attached hydrogen (secondary N) is 1. The fraction of sp³-hybridized carbons (Fsp3) is 0.130. The topological polar surface area (TPSA) is 86.2 Å². The van der Waals surface area contributed by atoms with Crippen molar-refractivity contribution >= 4 is 22.4 Å². The highest BCUT2D eigenvalue weighted by Gasteiger charge is 2.15. The van der Waals surface area contributed by atoms with E-state index in [9.17, 15) is 4.79 Å². The van der Waals surface area contributed by atoms with Crippen LogP contribution in [0.5, 0.6) is 11.9 Å². The molecule has 0 saturated heterocycles. The van der Waals surface area contributed by atoms with Crippen LogP contribution in [0, 0.1) is 6.92 Å². The third-order valence-electron chi connectivity index (χ3n) is 4.19. The van der Waals surface area contributed by atoms with Crippen LogP contribution in [0.15, 0.2) is 72.1 Å². The van der Waals surface area contributed by atoms with Gasteiger partial charge in [-0.2, -0.15) is 9.97 Å². The third kappa shape index (κ3) is 5.86. The van der Waals surface area contributed by atoms with Crippen molar-refractivity contribution in [1.82, 2.24) is 15.0 Å². The van der Waals surface area contributed by atoms with Gasteiger partial charge in [0.1, 0.15) is 18.9 Å². The molecule has 1 N–H and O–H groups in total. The Labute approximate surface area is 183 Å². The number of rotatable bonds is 8. The minimum atomic E-state index is -0.411. The maximum absolute atomic E-state index is 12.7. The summed E-state index contributed by atoms with van der Waals surface area (Å²) in [5, 5.41) is 5.11. The molecule has 8 heteroatoms. The number of thiazole rings is 1. The van der Waals surface area contributed by atoms with Gasteiger partial charge in [0.25, 0.3) is 5.91 Å². The lowest BCUT2D eigenvalue weighted by Gasteiger charge is -2.10. The normalized spacial score (nSPS) is 10.5. The highest BCUT2D eigenvalue weighted by molar-refractivity contribution is 7.13. The number of hydrogen-bond acceptors (Lipinski definition) is 7. The molecule has 0 aliphatic rings. The summed E-state index contributed by atoms with van der Waals surface area (Å²) >= 11 is 1.35. The first kappa shape index (κ1) is 20.5. The second-order valence-corrected chi connectivity index (χ2v) is 7.53. The molecule has 4 aromatic rings. The molecular weight excluding hydrogens is 412 g/mol. The van der Waals surface area contributed by atoms with Gasteiger partial charge in [0.05, 0.1) is 5.69 Å². The van der Waals surface area contributed by atoms with Gasteiger partial charge in [-0.25, -0.2) is 4.98 Å². The number of hydrogen-bond donors (Lipinski definition) is 1. The molecule has 1 amide bonds. The van der Waals surface area contributed by atoms with Crippen LogP contribution in [-0.2, 0) is 13.2 Å². The number of carbonyl (C=O) groups is 1. The first-order valence-corrected chi connectivity index (χ1v) is 10.5. The Balaban J connectivity index is 1.53. The van der Waals surface area contributed by atoms with Crippen molar-refractivity contribution in [3.8, 4) is 11.9 Å². The molecule has 2 heterocycles. The van der Waals surface area contributed by atoms with Gasteiger partial charge >= 0.3 is 6.01 Å². The summed E-state index contributed by atoms with van der Waals surface area (Å²) in [5.74, 6) is -0.159. The number of ether oxygens (including phenoxy) is 2. The zero-order valence-corrected chi connectivity index (χ0v) is 17.6. The quantitative estimate of drug-likeness (QED) is 0.436. The Morgan fingerprint density at radius 3 is 2.16 bits per heavy atom. The third-order valence-corrected chi connectivity index (χ3v) is 5.07. The van der Waals surface area contributed by atoms with Crippen LogP contribution < -0.4 is 14.8 Å². The van der Waals surface area contributed by atoms with Gasteiger partial charge in [-0.1, -0.05) is 60.7 Å². The first-order chi connectivity index (χ1) is 15.2. The molecule has 2 aromatic heterocycles. The van der Waals surface area contributed by atoms with Gasteiger partial charge in [-0.05, 0) is 18.1 Å². The Bertz CT molecular complexity index is 1090. The van der Waals surface area contributed by atoms with Gasteiger partial charge in [-0.15, -0.1) is 11.3 Å². The van der Waals surface area contributed by atoms with Crippen LogP contribution in [-0.4, -0.2) is 20.9 Å². The molecule has 0 spiro atoms. The zero-order chi connectivity index (χ0) is 21.5. The summed E-state index contributed by atoms with van der Waals surface area (Å²) in [6.45, 7) is 2.44. The number of aromatic nitrogens is 3. The second-order valence-electron chi connectivity index (χ2n) is 6.67. The Morgan fingerprint density at radius 1 is 0.903 bits per heavy atom. The van der Waals surface area contributed by atoms with Gasteiger partial charge < -0.3 is 9.47 Å². The van der Waals surface area contributed by atoms with Crippen molar-refractivity contribution in [2.45, 2.75) is 20.1 Å². The standard InChI is InChI=1S/C23H20N4O3S/c1-16-15-31-23(24-16)27-21(28)19-12-20(29-13-17-8-4-2-5-9-17)26-22(25-19)30-14-18-10-6-3-7-11-18/h2-12,15H,13-14H2,1H3,(H,24,27,28). The van der Waals surface area contributed by atoms with Crippen LogP contribution in [0.25, 0.3) is 0 Å². The number of nitrogens with zero attached hydrogens (tertiary/aromatic N) is 3. The molecule has 4 rings (SSSR count). The summed E-state index contributed by atoms with van der Waals surface area (Å²) in [7, 11) is 0. The summed E-state index contributed by atoms with van der Waals surface area (Å²) in [5.41, 5.74) is 2.92. The lowest BCUT2D eigenvalue weighted by Crippen LogP contribution is -2.15. The van der Waals surface area contributed by atoms with E-state index in [2.05, 4.69) is 20.3 Å². The van der Waals surface area contributed by atoms with Crippen LogP contribution in [0.4, 0.5) is 5.13 Å². The van der Waals surface area contributed by atoms with Crippen molar-refractivity contribution in [3.05, 3.63) is 94.6 Å². The molecule has 7 nitrogen and oxygen atoms in total. The number of amides is 1. The molecule has 2 aromatic carbocycles. The monoisotopic (exact) mass is 432 g/mol. The Kier molecular flexibility index (Phi) is 6.49. The van der Waals surface area contributed by atoms with Gasteiger partial charge in [0, 0.05) is 11.4 Å². The molecule has 31 heavy (non-hydrogen) atoms. The van der Waals surface area contributed by atoms with E-state index in [1.54, 1.807) is 0 Å². The number of carbonyl (C=O) groups excluding carboxylic acids is 1. The second kappa shape index (κ2) is 9.82. The molecule has 0 aliphatic carbocycles. The Hall–Kier alpha value is -3.78. The van der Waals surface area contributed by atoms with E-state index in [1.165, 1.54) is 17.4 Å². The van der Waals surface area contributed by atoms with E-state index in [0.29, 0.717) is 11.7 Å². The van der Waals surface area contributed by atoms with Gasteiger partial charge in [-0.3, -0.25) is 10.1 Å². The summed E-state index contributed by atoms with van der Waals surface area (Å²) in [4.78, 5) is 25.6. The highest BCUT2D eigenvalue weighted by atomic mass is 32.1. The predicted octanol–water partition coefficient (Wildman–Crippen LogP) is 4.65. The van der Waals surface area contributed by atoms with Gasteiger partial charge in [0.15, 0.2) is 5.13 Å². The summed E-state index contributed by atoms with van der Waals surface area (Å²) < 4.78 is 11.5. The van der Waals surface area contributed by atoms with Gasteiger partial charge in [0.2, 0.25) is 5.88 Å². The number of aryl methyl sites for hydroxylation is 1. The SMILES string of the molecule is Cc1csc(NC(=O)c2cc(OCc3ccccc3)nc(OCc3ccccc3)n2)n1. The van der Waals surface area contributed by atoms with E-state index < -0.39 is 5.91 Å². The molecule has 0 bridgehead atoms. The molecular formula is C23H20N4O3S. The summed E-state index contributed by atoms with van der Waals surface area (Å²) in [6.07, 6.45) is 0. The minimum absolute atomic E-state index is 0.0647. The van der Waals surface area contributed by atoms with Crippen LogP contribution in [0.3, 0.4) is 0 Å². The lowest BCUT2D eigenvalue weighted by molar-refractivity contribution is 0.101. The average Bonchev–Trinajstić information content (AvgIpc) is 3.22.